The Balaban J connectivity index is 1.80. The summed E-state index contributed by atoms with van der Waals surface area (Å²) in [5, 5.41) is 0. The van der Waals surface area contributed by atoms with Gasteiger partial charge in [0.1, 0.15) is 0 Å². The van der Waals surface area contributed by atoms with Crippen LogP contribution in [-0.2, 0) is 0 Å². The van der Waals surface area contributed by atoms with Crippen molar-refractivity contribution in [2.24, 2.45) is 11.8 Å². The topological polar surface area (TPSA) is 3.24 Å². The van der Waals surface area contributed by atoms with Crippen LogP contribution in [0.15, 0.2) is 23.8 Å². The predicted octanol–water partition coefficient (Wildman–Crippen LogP) is 3.63. The number of hydrogen-bond donors (Lipinski definition) is 0. The highest BCUT2D eigenvalue weighted by Gasteiger charge is 2.18. The zero-order valence-corrected chi connectivity index (χ0v) is 10.8. The molecule has 90 valence electrons. The summed E-state index contributed by atoms with van der Waals surface area (Å²) in [6.45, 7) is 8.43. The van der Waals surface area contributed by atoms with Crippen LogP contribution >= 0.6 is 0 Å². The predicted molar refractivity (Wildman–Crippen MR) is 70.5 cm³/mol. The Bertz CT molecular complexity index is 269. The monoisotopic (exact) mass is 219 g/mol. The minimum Gasteiger partial charge on any atom is -0.299 e. The van der Waals surface area contributed by atoms with Gasteiger partial charge >= 0.3 is 0 Å². The first kappa shape index (κ1) is 11.9. The molecule has 16 heavy (non-hydrogen) atoms. The van der Waals surface area contributed by atoms with E-state index in [0.717, 1.165) is 11.8 Å². The van der Waals surface area contributed by atoms with Crippen LogP contribution in [0.3, 0.4) is 0 Å². The van der Waals surface area contributed by atoms with Crippen LogP contribution in [0.25, 0.3) is 0 Å². The Kier molecular flexibility index (Phi) is 4.22. The highest BCUT2D eigenvalue weighted by molar-refractivity contribution is 5.25. The van der Waals surface area contributed by atoms with E-state index in [4.69, 9.17) is 0 Å². The number of nitrogens with zero attached hydrogens (tertiary/aromatic N) is 1. The van der Waals surface area contributed by atoms with Gasteiger partial charge in [-0.1, -0.05) is 38.5 Å². The molecule has 0 spiro atoms. The van der Waals surface area contributed by atoms with Crippen molar-refractivity contribution < 1.29 is 0 Å². The second-order valence-electron chi connectivity index (χ2n) is 5.48. The molecule has 1 atom stereocenters. The van der Waals surface area contributed by atoms with Gasteiger partial charge in [-0.05, 0) is 49.8 Å². The molecule has 0 aromatic rings. The number of hydrogen-bond acceptors (Lipinski definition) is 1. The van der Waals surface area contributed by atoms with Crippen molar-refractivity contribution in [3.63, 3.8) is 0 Å². The molecule has 0 N–H and O–H groups in total. The molecular weight excluding hydrogens is 194 g/mol. The van der Waals surface area contributed by atoms with Crippen LogP contribution in [0.1, 0.15) is 39.5 Å². The lowest BCUT2D eigenvalue weighted by molar-refractivity contribution is 0.195. The maximum absolute atomic E-state index is 2.63. The zero-order valence-electron chi connectivity index (χ0n) is 10.8. The summed E-state index contributed by atoms with van der Waals surface area (Å²) in [5.74, 6) is 1.74. The van der Waals surface area contributed by atoms with E-state index in [-0.39, 0.29) is 0 Å². The summed E-state index contributed by atoms with van der Waals surface area (Å²) in [6, 6.07) is 0. The molecule has 1 nitrogen and oxygen atoms in total. The molecule has 1 heteroatoms. The van der Waals surface area contributed by atoms with Crippen LogP contribution in [0, 0.1) is 11.8 Å². The lowest BCUT2D eigenvalue weighted by Gasteiger charge is -2.32. The van der Waals surface area contributed by atoms with Crippen molar-refractivity contribution in [2.75, 3.05) is 19.6 Å². The molecule has 1 unspecified atom stereocenters. The van der Waals surface area contributed by atoms with Gasteiger partial charge in [0.15, 0.2) is 0 Å². The van der Waals surface area contributed by atoms with Crippen LogP contribution in [0.5, 0.6) is 0 Å². The van der Waals surface area contributed by atoms with Gasteiger partial charge in [-0.2, -0.15) is 0 Å². The highest BCUT2D eigenvalue weighted by Crippen LogP contribution is 2.22. The summed E-state index contributed by atoms with van der Waals surface area (Å²) < 4.78 is 0. The highest BCUT2D eigenvalue weighted by atomic mass is 15.1. The number of likely N-dealkylation sites (tertiary alicyclic amines) is 1. The summed E-state index contributed by atoms with van der Waals surface area (Å²) in [5.41, 5.74) is 1.54. The molecule has 0 radical (unpaired) electrons. The number of rotatable bonds is 3. The first-order chi connectivity index (χ1) is 7.78. The Hall–Kier alpha value is -0.560. The Morgan fingerprint density at radius 3 is 2.69 bits per heavy atom. The van der Waals surface area contributed by atoms with E-state index in [1.54, 1.807) is 0 Å². The largest absolute Gasteiger partial charge is 0.299 e. The molecule has 0 aromatic heterocycles. The summed E-state index contributed by atoms with van der Waals surface area (Å²) in [4.78, 5) is 2.63. The van der Waals surface area contributed by atoms with E-state index in [1.165, 1.54) is 50.9 Å². The summed E-state index contributed by atoms with van der Waals surface area (Å²) in [6.07, 6.45) is 12.5. The van der Waals surface area contributed by atoms with Gasteiger partial charge in [0, 0.05) is 6.54 Å². The zero-order chi connectivity index (χ0) is 11.4. The van der Waals surface area contributed by atoms with Gasteiger partial charge < -0.3 is 0 Å². The quantitative estimate of drug-likeness (QED) is 0.700. The van der Waals surface area contributed by atoms with Crippen molar-refractivity contribution >= 4 is 0 Å². The van der Waals surface area contributed by atoms with E-state index in [1.807, 2.05) is 0 Å². The van der Waals surface area contributed by atoms with Crippen molar-refractivity contribution in [2.45, 2.75) is 39.5 Å². The average molecular weight is 219 g/mol. The third-order valence-corrected chi connectivity index (χ3v) is 4.03. The molecular formula is C15H25N. The fourth-order valence-corrected chi connectivity index (χ4v) is 2.84. The van der Waals surface area contributed by atoms with E-state index in [9.17, 15) is 0 Å². The molecule has 1 saturated heterocycles. The standard InChI is InChI=1S/C15H25N/c1-3-14-7-9-16(10-8-14)12-15-6-4-5-13(2)11-15/h4,6,11,13-14H,3,5,7-10,12H2,1-2H3. The first-order valence-corrected chi connectivity index (χ1v) is 6.87. The van der Waals surface area contributed by atoms with Crippen molar-refractivity contribution in [1.29, 1.82) is 0 Å². The first-order valence-electron chi connectivity index (χ1n) is 6.87. The minimum atomic E-state index is 0.744. The smallest absolute Gasteiger partial charge is 0.0230 e. The normalized spacial score (nSPS) is 28.1. The Morgan fingerprint density at radius 1 is 1.31 bits per heavy atom. The van der Waals surface area contributed by atoms with Crippen LogP contribution in [-0.4, -0.2) is 24.5 Å². The van der Waals surface area contributed by atoms with Gasteiger partial charge in [-0.3, -0.25) is 4.90 Å². The second-order valence-corrected chi connectivity index (χ2v) is 5.48. The van der Waals surface area contributed by atoms with Gasteiger partial charge in [-0.15, -0.1) is 0 Å². The van der Waals surface area contributed by atoms with Crippen molar-refractivity contribution in [1.82, 2.24) is 4.90 Å². The summed E-state index contributed by atoms with van der Waals surface area (Å²) in [7, 11) is 0. The average Bonchev–Trinajstić information content (AvgIpc) is 2.30. The maximum atomic E-state index is 2.63. The Labute approximate surface area is 100 Å². The molecule has 0 amide bonds. The van der Waals surface area contributed by atoms with Crippen molar-refractivity contribution in [3.8, 4) is 0 Å². The van der Waals surface area contributed by atoms with E-state index < -0.39 is 0 Å². The van der Waals surface area contributed by atoms with Crippen LogP contribution in [0.4, 0.5) is 0 Å². The fourth-order valence-electron chi connectivity index (χ4n) is 2.84. The molecule has 0 aromatic carbocycles. The molecule has 2 aliphatic rings. The van der Waals surface area contributed by atoms with E-state index in [0.29, 0.717) is 0 Å². The molecule has 1 heterocycles. The second kappa shape index (κ2) is 5.67. The fraction of sp³-hybridized carbons (Fsp3) is 0.733. The molecule has 0 saturated carbocycles. The molecule has 1 fully saturated rings. The third kappa shape index (κ3) is 3.21. The van der Waals surface area contributed by atoms with Gasteiger partial charge in [0.25, 0.3) is 0 Å². The number of piperidine rings is 1. The van der Waals surface area contributed by atoms with Gasteiger partial charge in [0.05, 0.1) is 0 Å². The van der Waals surface area contributed by atoms with E-state index >= 15 is 0 Å². The van der Waals surface area contributed by atoms with Gasteiger partial charge in [0.2, 0.25) is 0 Å². The van der Waals surface area contributed by atoms with Crippen LogP contribution < -0.4 is 0 Å². The molecule has 0 bridgehead atoms. The van der Waals surface area contributed by atoms with Crippen molar-refractivity contribution in [3.05, 3.63) is 23.8 Å². The minimum absolute atomic E-state index is 0.744. The molecule has 1 aliphatic heterocycles. The summed E-state index contributed by atoms with van der Waals surface area (Å²) >= 11 is 0. The Morgan fingerprint density at radius 2 is 2.06 bits per heavy atom. The van der Waals surface area contributed by atoms with Gasteiger partial charge in [-0.25, -0.2) is 0 Å². The maximum Gasteiger partial charge on any atom is 0.0230 e. The molecule has 2 rings (SSSR count). The lowest BCUT2D eigenvalue weighted by Crippen LogP contribution is -2.34. The number of allylic oxidation sites excluding steroid dienone is 2. The molecule has 1 aliphatic carbocycles. The van der Waals surface area contributed by atoms with Crippen LogP contribution in [0.2, 0.25) is 0 Å². The SMILES string of the molecule is CCC1CCN(CC2=CC(C)CC=C2)CC1. The van der Waals surface area contributed by atoms with E-state index in [2.05, 4.69) is 37.0 Å². The third-order valence-electron chi connectivity index (χ3n) is 4.03. The lowest BCUT2D eigenvalue weighted by atomic mass is 9.93.